The molecule has 112 valence electrons. The normalized spacial score (nSPS) is 10.5. The number of aromatic nitrogens is 1. The first-order valence-electron chi connectivity index (χ1n) is 5.47. The number of rotatable bonds is 1. The lowest BCUT2D eigenvalue weighted by atomic mass is 10.2. The fraction of sp³-hybridized carbons (Fsp3) is 0.0769. The third kappa shape index (κ3) is 5.82. The number of hydrogen-bond acceptors (Lipinski definition) is 3. The summed E-state index contributed by atoms with van der Waals surface area (Å²) in [6.07, 6.45) is -2.83. The Kier molecular flexibility index (Phi) is 5.71. The molecule has 1 aromatic heterocycles. The van der Waals surface area contributed by atoms with Gasteiger partial charge in [-0.15, -0.1) is 0 Å². The highest BCUT2D eigenvalue weighted by atomic mass is 79.9. The van der Waals surface area contributed by atoms with Crippen molar-refractivity contribution in [1.82, 2.24) is 4.98 Å². The molecule has 0 aliphatic heterocycles. The number of nitrogens with zero attached hydrogens (tertiary/aromatic N) is 1. The van der Waals surface area contributed by atoms with Gasteiger partial charge in [0.25, 0.3) is 0 Å². The zero-order valence-electron chi connectivity index (χ0n) is 10.4. The molecule has 1 aromatic carbocycles. The lowest BCUT2D eigenvalue weighted by Crippen LogP contribution is -2.04. The minimum absolute atomic E-state index is 0.0503. The molecule has 2 aromatic rings. The van der Waals surface area contributed by atoms with Crippen molar-refractivity contribution in [1.29, 1.82) is 0 Å². The summed E-state index contributed by atoms with van der Waals surface area (Å²) in [4.78, 5) is 13.9. The third-order valence-corrected chi connectivity index (χ3v) is 2.67. The topological polar surface area (TPSA) is 76.2 Å². The monoisotopic (exact) mass is 362 g/mol. The second-order valence-electron chi connectivity index (χ2n) is 3.78. The van der Waals surface area contributed by atoms with Crippen molar-refractivity contribution in [3.8, 4) is 0 Å². The molecule has 0 amide bonds. The number of benzene rings is 1. The highest BCUT2D eigenvalue weighted by Gasteiger charge is 2.29. The minimum Gasteiger partial charge on any atom is -0.477 e. The molecule has 0 bridgehead atoms. The van der Waals surface area contributed by atoms with E-state index in [-0.39, 0.29) is 5.69 Å². The molecule has 0 saturated heterocycles. The number of alkyl halides is 3. The Balaban J connectivity index is 0.000000211. The molecule has 4 nitrogen and oxygen atoms in total. The van der Waals surface area contributed by atoms with E-state index in [1.54, 1.807) is 6.07 Å². The molecule has 3 N–H and O–H groups in total. The summed E-state index contributed by atoms with van der Waals surface area (Å²) < 4.78 is 36.4. The Morgan fingerprint density at radius 2 is 1.76 bits per heavy atom. The van der Waals surface area contributed by atoms with Crippen LogP contribution in [0.4, 0.5) is 18.9 Å². The molecule has 0 spiro atoms. The summed E-state index contributed by atoms with van der Waals surface area (Å²) in [5.74, 6) is -1.01. The van der Waals surface area contributed by atoms with Gasteiger partial charge in [0, 0.05) is 16.4 Å². The van der Waals surface area contributed by atoms with E-state index in [2.05, 4.69) is 20.9 Å². The van der Waals surface area contributed by atoms with Crippen LogP contribution in [0.1, 0.15) is 16.1 Å². The predicted molar refractivity (Wildman–Crippen MR) is 74.8 cm³/mol. The third-order valence-electron chi connectivity index (χ3n) is 2.18. The van der Waals surface area contributed by atoms with Gasteiger partial charge in [0.1, 0.15) is 5.69 Å². The van der Waals surface area contributed by atoms with Crippen LogP contribution < -0.4 is 5.73 Å². The maximum Gasteiger partial charge on any atom is 0.416 e. The summed E-state index contributed by atoms with van der Waals surface area (Å²) in [6, 6.07) is 7.48. The first-order valence-corrected chi connectivity index (χ1v) is 6.27. The Hall–Kier alpha value is -2.09. The first-order chi connectivity index (χ1) is 9.70. The van der Waals surface area contributed by atoms with Crippen molar-refractivity contribution in [2.45, 2.75) is 6.18 Å². The maximum atomic E-state index is 11.9. The lowest BCUT2D eigenvalue weighted by molar-refractivity contribution is -0.137. The molecule has 0 fully saturated rings. The number of halogens is 4. The average Bonchev–Trinajstić information content (AvgIpc) is 2.39. The molecule has 0 atom stereocenters. The predicted octanol–water partition coefficient (Wildman–Crippen LogP) is 3.83. The smallest absolute Gasteiger partial charge is 0.416 e. The van der Waals surface area contributed by atoms with Gasteiger partial charge in [-0.2, -0.15) is 13.2 Å². The zero-order chi connectivity index (χ0) is 16.0. The molecular weight excluding hydrogens is 353 g/mol. The van der Waals surface area contributed by atoms with Gasteiger partial charge >= 0.3 is 12.1 Å². The fourth-order valence-corrected chi connectivity index (χ4v) is 1.53. The van der Waals surface area contributed by atoms with Gasteiger partial charge in [-0.3, -0.25) is 0 Å². The lowest BCUT2D eigenvalue weighted by Gasteiger charge is -2.05. The van der Waals surface area contributed by atoms with Crippen molar-refractivity contribution in [3.05, 3.63) is 58.3 Å². The summed E-state index contributed by atoms with van der Waals surface area (Å²) in [5.41, 5.74) is 4.91. The average molecular weight is 363 g/mol. The van der Waals surface area contributed by atoms with E-state index in [4.69, 9.17) is 10.8 Å². The van der Waals surface area contributed by atoms with E-state index in [1.165, 1.54) is 24.4 Å². The Labute approximate surface area is 126 Å². The van der Waals surface area contributed by atoms with Gasteiger partial charge in [-0.05, 0) is 36.4 Å². The molecule has 1 heterocycles. The Morgan fingerprint density at radius 3 is 2.14 bits per heavy atom. The summed E-state index contributed by atoms with van der Waals surface area (Å²) in [7, 11) is 0. The molecule has 0 aliphatic rings. The van der Waals surface area contributed by atoms with Crippen molar-refractivity contribution < 1.29 is 23.1 Å². The van der Waals surface area contributed by atoms with Crippen LogP contribution in [0.15, 0.2) is 47.1 Å². The van der Waals surface area contributed by atoms with Crippen LogP contribution in [0.25, 0.3) is 0 Å². The van der Waals surface area contributed by atoms with Gasteiger partial charge in [0.2, 0.25) is 0 Å². The molecule has 0 saturated carbocycles. The molecule has 8 heteroatoms. The van der Waals surface area contributed by atoms with Crippen LogP contribution in [-0.2, 0) is 6.18 Å². The van der Waals surface area contributed by atoms with E-state index in [0.717, 1.165) is 16.6 Å². The van der Waals surface area contributed by atoms with Gasteiger partial charge < -0.3 is 10.8 Å². The molecule has 0 unspecified atom stereocenters. The number of hydrogen-bond donors (Lipinski definition) is 2. The number of pyridine rings is 1. The first kappa shape index (κ1) is 17.0. The Bertz CT molecular complexity index is 616. The van der Waals surface area contributed by atoms with Gasteiger partial charge in [0.05, 0.1) is 5.56 Å². The molecule has 0 radical (unpaired) electrons. The summed E-state index contributed by atoms with van der Waals surface area (Å²) in [5, 5.41) is 8.43. The van der Waals surface area contributed by atoms with Crippen LogP contribution >= 0.6 is 15.9 Å². The van der Waals surface area contributed by atoms with Gasteiger partial charge in [-0.25, -0.2) is 9.78 Å². The van der Waals surface area contributed by atoms with Crippen molar-refractivity contribution in [3.63, 3.8) is 0 Å². The van der Waals surface area contributed by atoms with Crippen molar-refractivity contribution in [2.75, 3.05) is 5.73 Å². The maximum absolute atomic E-state index is 11.9. The van der Waals surface area contributed by atoms with Gasteiger partial charge in [0.15, 0.2) is 0 Å². The standard InChI is InChI=1S/C7H6F3N.C6H4BrNO2/c8-7(9,10)5-1-3-6(11)4-2-5;7-4-1-2-8-5(3-4)6(9)10/h1-4H,11H2;1-3H,(H,9,10). The van der Waals surface area contributed by atoms with Crippen molar-refractivity contribution >= 4 is 27.6 Å². The van der Waals surface area contributed by atoms with E-state index in [0.29, 0.717) is 5.69 Å². The van der Waals surface area contributed by atoms with E-state index in [1.807, 2.05) is 0 Å². The number of carboxylic acid groups (broad SMARTS) is 1. The largest absolute Gasteiger partial charge is 0.477 e. The number of aromatic carboxylic acids is 1. The van der Waals surface area contributed by atoms with Crippen molar-refractivity contribution in [2.24, 2.45) is 0 Å². The number of nitrogen functional groups attached to an aromatic ring is 1. The zero-order valence-corrected chi connectivity index (χ0v) is 12.0. The van der Waals surface area contributed by atoms with Crippen LogP contribution in [0.3, 0.4) is 0 Å². The molecular formula is C13H10BrF3N2O2. The highest BCUT2D eigenvalue weighted by Crippen LogP contribution is 2.29. The number of nitrogens with two attached hydrogens (primary N) is 1. The van der Waals surface area contributed by atoms with E-state index in [9.17, 15) is 18.0 Å². The quantitative estimate of drug-likeness (QED) is 0.755. The van der Waals surface area contributed by atoms with Crippen LogP contribution in [-0.4, -0.2) is 16.1 Å². The fourth-order valence-electron chi connectivity index (χ4n) is 1.19. The van der Waals surface area contributed by atoms with Crippen LogP contribution in [0, 0.1) is 0 Å². The van der Waals surface area contributed by atoms with E-state index < -0.39 is 17.7 Å². The molecule has 2 rings (SSSR count). The van der Waals surface area contributed by atoms with Crippen LogP contribution in [0.5, 0.6) is 0 Å². The minimum atomic E-state index is -4.27. The number of carboxylic acids is 1. The molecule has 0 aliphatic carbocycles. The number of carbonyl (C=O) groups is 1. The van der Waals surface area contributed by atoms with Crippen LogP contribution in [0.2, 0.25) is 0 Å². The second kappa shape index (κ2) is 7.07. The number of anilines is 1. The highest BCUT2D eigenvalue weighted by molar-refractivity contribution is 9.10. The summed E-state index contributed by atoms with van der Waals surface area (Å²) in [6.45, 7) is 0. The molecule has 21 heavy (non-hydrogen) atoms. The Morgan fingerprint density at radius 1 is 1.19 bits per heavy atom. The van der Waals surface area contributed by atoms with E-state index >= 15 is 0 Å². The SMILES string of the molecule is Nc1ccc(C(F)(F)F)cc1.O=C(O)c1cc(Br)ccn1. The van der Waals surface area contributed by atoms with Gasteiger partial charge in [-0.1, -0.05) is 15.9 Å². The summed E-state index contributed by atoms with van der Waals surface area (Å²) >= 11 is 3.13. The second-order valence-corrected chi connectivity index (χ2v) is 4.70.